The SMILES string of the molecule is CCc1ccc(C(=O)NNC(=O)CCc2nc(-c3ccccn3)no2)cc1. The van der Waals surface area contributed by atoms with Crippen molar-refractivity contribution in [3.8, 4) is 11.5 Å². The lowest BCUT2D eigenvalue weighted by Crippen LogP contribution is -2.41. The van der Waals surface area contributed by atoms with E-state index in [1.165, 1.54) is 0 Å². The molecule has 8 heteroatoms. The van der Waals surface area contributed by atoms with E-state index in [1.807, 2.05) is 25.1 Å². The van der Waals surface area contributed by atoms with Gasteiger partial charge < -0.3 is 4.52 Å². The second-order valence-electron chi connectivity index (χ2n) is 5.78. The number of nitrogens with zero attached hydrogens (tertiary/aromatic N) is 3. The molecule has 3 aromatic rings. The Hall–Kier alpha value is -3.55. The normalized spacial score (nSPS) is 10.4. The number of carbonyl (C=O) groups excluding carboxylic acids is 2. The van der Waals surface area contributed by atoms with Gasteiger partial charge in [-0.05, 0) is 36.2 Å². The molecule has 0 aliphatic heterocycles. The average Bonchev–Trinajstić information content (AvgIpc) is 3.20. The Labute approximate surface area is 156 Å². The number of carbonyl (C=O) groups is 2. The van der Waals surface area contributed by atoms with Crippen LogP contribution in [0.15, 0.2) is 53.2 Å². The van der Waals surface area contributed by atoms with Crippen molar-refractivity contribution < 1.29 is 14.1 Å². The van der Waals surface area contributed by atoms with Gasteiger partial charge in [-0.25, -0.2) is 0 Å². The van der Waals surface area contributed by atoms with Gasteiger partial charge in [-0.3, -0.25) is 25.4 Å². The van der Waals surface area contributed by atoms with Gasteiger partial charge in [0.05, 0.1) is 0 Å². The van der Waals surface area contributed by atoms with Crippen LogP contribution in [0.5, 0.6) is 0 Å². The van der Waals surface area contributed by atoms with E-state index in [2.05, 4.69) is 26.0 Å². The number of rotatable bonds is 6. The predicted molar refractivity (Wildman–Crippen MR) is 97.3 cm³/mol. The summed E-state index contributed by atoms with van der Waals surface area (Å²) in [7, 11) is 0. The van der Waals surface area contributed by atoms with Crippen LogP contribution in [-0.2, 0) is 17.6 Å². The second kappa shape index (κ2) is 8.70. The van der Waals surface area contributed by atoms with Crippen molar-refractivity contribution in [3.05, 3.63) is 65.7 Å². The van der Waals surface area contributed by atoms with Gasteiger partial charge in [-0.2, -0.15) is 4.98 Å². The first-order valence-electron chi connectivity index (χ1n) is 8.58. The summed E-state index contributed by atoms with van der Waals surface area (Å²) < 4.78 is 5.12. The zero-order chi connectivity index (χ0) is 19.1. The van der Waals surface area contributed by atoms with Crippen molar-refractivity contribution in [3.63, 3.8) is 0 Å². The highest BCUT2D eigenvalue weighted by Gasteiger charge is 2.12. The summed E-state index contributed by atoms with van der Waals surface area (Å²) in [4.78, 5) is 32.2. The Bertz CT molecular complexity index is 907. The first-order valence-corrected chi connectivity index (χ1v) is 8.58. The fourth-order valence-electron chi connectivity index (χ4n) is 2.33. The average molecular weight is 365 g/mol. The van der Waals surface area contributed by atoms with Gasteiger partial charge in [0.2, 0.25) is 17.6 Å². The summed E-state index contributed by atoms with van der Waals surface area (Å²) in [6.45, 7) is 2.04. The van der Waals surface area contributed by atoms with Gasteiger partial charge in [-0.1, -0.05) is 30.3 Å². The molecular weight excluding hydrogens is 346 g/mol. The van der Waals surface area contributed by atoms with E-state index in [9.17, 15) is 9.59 Å². The maximum Gasteiger partial charge on any atom is 0.269 e. The molecule has 0 aliphatic rings. The van der Waals surface area contributed by atoms with Crippen molar-refractivity contribution in [2.75, 3.05) is 0 Å². The summed E-state index contributed by atoms with van der Waals surface area (Å²) in [6.07, 6.45) is 2.89. The Morgan fingerprint density at radius 2 is 1.89 bits per heavy atom. The molecule has 2 heterocycles. The fourth-order valence-corrected chi connectivity index (χ4v) is 2.33. The standard InChI is InChI=1S/C19H19N5O3/c1-2-13-6-8-14(9-7-13)19(26)23-22-16(25)10-11-17-21-18(24-27-17)15-5-3-4-12-20-15/h3-9,12H,2,10-11H2,1H3,(H,22,25)(H,23,26). The molecule has 0 atom stereocenters. The molecule has 0 saturated heterocycles. The molecule has 2 aromatic heterocycles. The molecule has 3 rings (SSSR count). The van der Waals surface area contributed by atoms with E-state index in [0.29, 0.717) is 23.0 Å². The van der Waals surface area contributed by atoms with Gasteiger partial charge in [0.25, 0.3) is 5.91 Å². The highest BCUT2D eigenvalue weighted by Crippen LogP contribution is 2.12. The third-order valence-corrected chi connectivity index (χ3v) is 3.87. The predicted octanol–water partition coefficient (Wildman–Crippen LogP) is 2.09. The van der Waals surface area contributed by atoms with Gasteiger partial charge in [0, 0.05) is 24.6 Å². The van der Waals surface area contributed by atoms with Crippen LogP contribution in [0.3, 0.4) is 0 Å². The number of hydrogen-bond acceptors (Lipinski definition) is 6. The Kier molecular flexibility index (Phi) is 5.88. The summed E-state index contributed by atoms with van der Waals surface area (Å²) >= 11 is 0. The first kappa shape index (κ1) is 18.2. The van der Waals surface area contributed by atoms with Crippen molar-refractivity contribution in [1.82, 2.24) is 26.0 Å². The number of amides is 2. The van der Waals surface area contributed by atoms with Crippen LogP contribution in [0.2, 0.25) is 0 Å². The smallest absolute Gasteiger partial charge is 0.269 e. The number of benzene rings is 1. The van der Waals surface area contributed by atoms with Crippen LogP contribution in [0.25, 0.3) is 11.5 Å². The summed E-state index contributed by atoms with van der Waals surface area (Å²) in [5.41, 5.74) is 6.98. The van der Waals surface area contributed by atoms with Crippen molar-refractivity contribution in [2.45, 2.75) is 26.2 Å². The second-order valence-corrected chi connectivity index (χ2v) is 5.78. The maximum absolute atomic E-state index is 12.0. The van der Waals surface area contributed by atoms with Gasteiger partial charge >= 0.3 is 0 Å². The van der Waals surface area contributed by atoms with Crippen LogP contribution in [0.1, 0.15) is 35.2 Å². The van der Waals surface area contributed by atoms with E-state index in [-0.39, 0.29) is 24.7 Å². The first-order chi connectivity index (χ1) is 13.2. The molecule has 0 fully saturated rings. The molecule has 0 aliphatic carbocycles. The topological polar surface area (TPSA) is 110 Å². The molecule has 0 radical (unpaired) electrons. The number of hydrazine groups is 1. The number of aryl methyl sites for hydroxylation is 2. The van der Waals surface area contributed by atoms with Crippen molar-refractivity contribution in [1.29, 1.82) is 0 Å². The van der Waals surface area contributed by atoms with E-state index in [0.717, 1.165) is 12.0 Å². The Morgan fingerprint density at radius 1 is 1.07 bits per heavy atom. The Morgan fingerprint density at radius 3 is 2.59 bits per heavy atom. The molecule has 2 amide bonds. The third kappa shape index (κ3) is 4.97. The molecule has 0 spiro atoms. The van der Waals surface area contributed by atoms with E-state index in [1.54, 1.807) is 30.5 Å². The number of nitrogens with one attached hydrogen (secondary N) is 2. The van der Waals surface area contributed by atoms with Crippen LogP contribution in [-0.4, -0.2) is 26.9 Å². The van der Waals surface area contributed by atoms with Crippen molar-refractivity contribution in [2.24, 2.45) is 0 Å². The highest BCUT2D eigenvalue weighted by molar-refractivity contribution is 5.95. The molecule has 0 unspecified atom stereocenters. The van der Waals surface area contributed by atoms with Crippen molar-refractivity contribution >= 4 is 11.8 Å². The summed E-state index contributed by atoms with van der Waals surface area (Å²) in [5, 5.41) is 3.84. The Balaban J connectivity index is 1.45. The molecule has 0 saturated carbocycles. The van der Waals surface area contributed by atoms with Gasteiger partial charge in [0.1, 0.15) is 5.69 Å². The fraction of sp³-hybridized carbons (Fsp3) is 0.211. The van der Waals surface area contributed by atoms with Crippen LogP contribution in [0.4, 0.5) is 0 Å². The number of aromatic nitrogens is 3. The van der Waals surface area contributed by atoms with Crippen LogP contribution in [0, 0.1) is 0 Å². The molecular formula is C19H19N5O3. The van der Waals surface area contributed by atoms with Gasteiger partial charge in [-0.15, -0.1) is 0 Å². The van der Waals surface area contributed by atoms with E-state index in [4.69, 9.17) is 4.52 Å². The molecule has 138 valence electrons. The molecule has 2 N–H and O–H groups in total. The quantitative estimate of drug-likeness (QED) is 0.647. The molecule has 8 nitrogen and oxygen atoms in total. The highest BCUT2D eigenvalue weighted by atomic mass is 16.5. The maximum atomic E-state index is 12.0. The minimum atomic E-state index is -0.374. The van der Waals surface area contributed by atoms with E-state index >= 15 is 0 Å². The van der Waals surface area contributed by atoms with Gasteiger partial charge in [0.15, 0.2) is 0 Å². The third-order valence-electron chi connectivity index (χ3n) is 3.87. The lowest BCUT2D eigenvalue weighted by molar-refractivity contribution is -0.121. The van der Waals surface area contributed by atoms with Crippen LogP contribution >= 0.6 is 0 Å². The lowest BCUT2D eigenvalue weighted by Gasteiger charge is -2.07. The zero-order valence-electron chi connectivity index (χ0n) is 14.8. The zero-order valence-corrected chi connectivity index (χ0v) is 14.8. The molecule has 27 heavy (non-hydrogen) atoms. The minimum Gasteiger partial charge on any atom is -0.339 e. The number of pyridine rings is 1. The van der Waals surface area contributed by atoms with E-state index < -0.39 is 0 Å². The van der Waals surface area contributed by atoms with Crippen LogP contribution < -0.4 is 10.9 Å². The minimum absolute atomic E-state index is 0.0961. The largest absolute Gasteiger partial charge is 0.339 e. The molecule has 1 aromatic carbocycles. The lowest BCUT2D eigenvalue weighted by atomic mass is 10.1. The summed E-state index contributed by atoms with van der Waals surface area (Å²) in [6, 6.07) is 12.6. The molecule has 0 bridgehead atoms. The number of hydrogen-bond donors (Lipinski definition) is 2. The monoisotopic (exact) mass is 365 g/mol. The summed E-state index contributed by atoms with van der Waals surface area (Å²) in [5.74, 6) is -0.0329.